The third-order valence-corrected chi connectivity index (χ3v) is 3.59. The van der Waals surface area contributed by atoms with Gasteiger partial charge in [0.15, 0.2) is 5.82 Å². The molecular weight excluding hydrogens is 266 g/mol. The Bertz CT molecular complexity index is 618. The van der Waals surface area contributed by atoms with Gasteiger partial charge in [0.25, 0.3) is 14.2 Å². The number of hydrogen-bond donors (Lipinski definition) is 0. The fourth-order valence-corrected chi connectivity index (χ4v) is 2.49. The van der Waals surface area contributed by atoms with E-state index in [0.717, 1.165) is 0 Å². The van der Waals surface area contributed by atoms with Crippen LogP contribution in [0.25, 0.3) is 0 Å². The van der Waals surface area contributed by atoms with Crippen LogP contribution in [0, 0.1) is 0 Å². The molecule has 17 heavy (non-hydrogen) atoms. The molecule has 0 spiro atoms. The Hall–Kier alpha value is -1.41. The second kappa shape index (κ2) is 4.11. The van der Waals surface area contributed by atoms with Crippen LogP contribution < -0.4 is 0 Å². The van der Waals surface area contributed by atoms with Gasteiger partial charge in [-0.05, 0) is 13.0 Å². The number of nitrogens with zero attached hydrogens (tertiary/aromatic N) is 5. The zero-order valence-corrected chi connectivity index (χ0v) is 10.7. The largest absolute Gasteiger partial charge is 0.302 e. The first-order valence-corrected chi connectivity index (χ1v) is 7.05. The summed E-state index contributed by atoms with van der Waals surface area (Å²) in [5, 5.41) is 11.2. The molecule has 0 aliphatic rings. The lowest BCUT2D eigenvalue weighted by molar-refractivity contribution is 0.511. The third-order valence-electron chi connectivity index (χ3n) is 2.38. The van der Waals surface area contributed by atoms with Crippen LogP contribution in [0.1, 0.15) is 18.8 Å². The van der Waals surface area contributed by atoms with E-state index in [0.29, 0.717) is 5.82 Å². The van der Waals surface area contributed by atoms with Crippen LogP contribution in [0.15, 0.2) is 23.6 Å². The molecule has 0 amide bonds. The van der Waals surface area contributed by atoms with Gasteiger partial charge in [0.2, 0.25) is 0 Å². The van der Waals surface area contributed by atoms with Gasteiger partial charge in [0.1, 0.15) is 6.04 Å². The maximum Gasteiger partial charge on any atom is 0.296 e. The van der Waals surface area contributed by atoms with E-state index in [4.69, 9.17) is 10.7 Å². The minimum absolute atomic E-state index is 0.227. The molecule has 0 fully saturated rings. The molecule has 92 valence electrons. The Kier molecular flexibility index (Phi) is 2.92. The number of hydrogen-bond acceptors (Lipinski definition) is 5. The topological polar surface area (TPSA) is 82.7 Å². The highest BCUT2D eigenvalue weighted by molar-refractivity contribution is 8.13. The van der Waals surface area contributed by atoms with E-state index in [2.05, 4.69) is 15.3 Å². The van der Waals surface area contributed by atoms with Crippen molar-refractivity contribution in [2.24, 2.45) is 7.05 Å². The number of aromatic nitrogens is 5. The maximum atomic E-state index is 11.2. The van der Waals surface area contributed by atoms with Crippen molar-refractivity contribution in [1.82, 2.24) is 24.5 Å². The Labute approximate surface area is 102 Å². The Morgan fingerprint density at radius 1 is 1.41 bits per heavy atom. The summed E-state index contributed by atoms with van der Waals surface area (Å²) in [4.78, 5) is 0. The Morgan fingerprint density at radius 3 is 2.59 bits per heavy atom. The summed E-state index contributed by atoms with van der Waals surface area (Å²) in [6.45, 7) is 1.83. The molecule has 1 unspecified atom stereocenters. The predicted molar refractivity (Wildman–Crippen MR) is 60.1 cm³/mol. The molecule has 0 saturated heterocycles. The lowest BCUT2D eigenvalue weighted by atomic mass is 10.3. The quantitative estimate of drug-likeness (QED) is 0.764. The SMILES string of the molecule is CC(c1nnc(S(=O)(=O)Cl)n1C)n1cccn1. The van der Waals surface area contributed by atoms with Crippen LogP contribution in [-0.4, -0.2) is 33.0 Å². The monoisotopic (exact) mass is 275 g/mol. The fraction of sp³-hybridized carbons (Fsp3) is 0.375. The first-order valence-electron chi connectivity index (χ1n) is 4.74. The molecule has 0 radical (unpaired) electrons. The molecule has 2 aromatic rings. The van der Waals surface area contributed by atoms with Gasteiger partial charge in [-0.2, -0.15) is 5.10 Å². The zero-order valence-electron chi connectivity index (χ0n) is 9.15. The molecule has 1 atom stereocenters. The summed E-state index contributed by atoms with van der Waals surface area (Å²) < 4.78 is 25.4. The van der Waals surface area contributed by atoms with Gasteiger partial charge in [0.05, 0.1) is 0 Å². The predicted octanol–water partition coefficient (Wildman–Crippen LogP) is 0.548. The highest BCUT2D eigenvalue weighted by atomic mass is 35.7. The van der Waals surface area contributed by atoms with E-state index >= 15 is 0 Å². The molecule has 2 heterocycles. The molecule has 0 N–H and O–H groups in total. The van der Waals surface area contributed by atoms with Crippen LogP contribution >= 0.6 is 10.7 Å². The smallest absolute Gasteiger partial charge is 0.296 e. The molecule has 9 heteroatoms. The van der Waals surface area contributed by atoms with Crippen LogP contribution in [-0.2, 0) is 16.1 Å². The average Bonchev–Trinajstić information content (AvgIpc) is 2.83. The van der Waals surface area contributed by atoms with Gasteiger partial charge >= 0.3 is 0 Å². The maximum absolute atomic E-state index is 11.2. The van der Waals surface area contributed by atoms with Crippen LogP contribution in [0.5, 0.6) is 0 Å². The Balaban J connectivity index is 2.45. The van der Waals surface area contributed by atoms with E-state index in [1.165, 1.54) is 4.57 Å². The highest BCUT2D eigenvalue weighted by Gasteiger charge is 2.23. The van der Waals surface area contributed by atoms with Gasteiger partial charge < -0.3 is 4.57 Å². The lowest BCUT2D eigenvalue weighted by Crippen LogP contribution is -2.13. The normalized spacial score (nSPS) is 13.8. The van der Waals surface area contributed by atoms with Crippen molar-refractivity contribution >= 4 is 19.7 Å². The van der Waals surface area contributed by atoms with Crippen LogP contribution in [0.4, 0.5) is 0 Å². The number of rotatable bonds is 3. The minimum atomic E-state index is -3.88. The average molecular weight is 276 g/mol. The van der Waals surface area contributed by atoms with Crippen LogP contribution in [0.2, 0.25) is 0 Å². The third kappa shape index (κ3) is 2.18. The first kappa shape index (κ1) is 12.1. The van der Waals surface area contributed by atoms with Crippen molar-refractivity contribution in [3.8, 4) is 0 Å². The molecule has 0 aromatic carbocycles. The minimum Gasteiger partial charge on any atom is -0.302 e. The van der Waals surface area contributed by atoms with Crippen molar-refractivity contribution in [2.75, 3.05) is 0 Å². The van der Waals surface area contributed by atoms with Crippen molar-refractivity contribution in [2.45, 2.75) is 18.1 Å². The van der Waals surface area contributed by atoms with E-state index in [-0.39, 0.29) is 11.2 Å². The van der Waals surface area contributed by atoms with Gasteiger partial charge in [-0.1, -0.05) is 0 Å². The van der Waals surface area contributed by atoms with E-state index in [9.17, 15) is 8.42 Å². The highest BCUT2D eigenvalue weighted by Crippen LogP contribution is 2.18. The van der Waals surface area contributed by atoms with Crippen molar-refractivity contribution in [3.05, 3.63) is 24.3 Å². The summed E-state index contributed by atoms with van der Waals surface area (Å²) >= 11 is 0. The van der Waals surface area contributed by atoms with Gasteiger partial charge in [-0.25, -0.2) is 8.42 Å². The zero-order chi connectivity index (χ0) is 12.6. The second-order valence-corrected chi connectivity index (χ2v) is 5.96. The Morgan fingerprint density at radius 2 is 2.12 bits per heavy atom. The van der Waals surface area contributed by atoms with Crippen LogP contribution in [0.3, 0.4) is 0 Å². The molecule has 0 saturated carbocycles. The van der Waals surface area contributed by atoms with Crippen molar-refractivity contribution in [3.63, 3.8) is 0 Å². The fourth-order valence-electron chi connectivity index (χ4n) is 1.53. The molecule has 0 bridgehead atoms. The molecule has 2 rings (SSSR count). The summed E-state index contributed by atoms with van der Waals surface area (Å²) in [5.74, 6) is 0.466. The summed E-state index contributed by atoms with van der Waals surface area (Å²) in [7, 11) is 2.90. The molecule has 2 aromatic heterocycles. The van der Waals surface area contributed by atoms with Crippen molar-refractivity contribution < 1.29 is 8.42 Å². The molecule has 7 nitrogen and oxygen atoms in total. The standard InChI is InChI=1S/C8H10ClN5O2S/c1-6(14-5-3-4-10-14)7-11-12-8(13(7)2)17(9,15)16/h3-6H,1-2H3. The summed E-state index contributed by atoms with van der Waals surface area (Å²) in [6, 6.07) is 1.54. The van der Waals surface area contributed by atoms with Gasteiger partial charge in [0, 0.05) is 30.1 Å². The molecule has 0 aliphatic carbocycles. The van der Waals surface area contributed by atoms with Gasteiger partial charge in [-0.3, -0.25) is 4.68 Å². The second-order valence-electron chi connectivity index (χ2n) is 3.50. The van der Waals surface area contributed by atoms with Crippen molar-refractivity contribution in [1.29, 1.82) is 0 Å². The molecular formula is C8H10ClN5O2S. The summed E-state index contributed by atoms with van der Waals surface area (Å²) in [6.07, 6.45) is 3.39. The van der Waals surface area contributed by atoms with E-state index in [1.807, 2.05) is 6.92 Å². The molecule has 0 aliphatic heterocycles. The first-order chi connectivity index (χ1) is 7.91. The number of halogens is 1. The van der Waals surface area contributed by atoms with Gasteiger partial charge in [-0.15, -0.1) is 10.2 Å². The summed E-state index contributed by atoms with van der Waals surface area (Å²) in [5.41, 5.74) is 0. The lowest BCUT2D eigenvalue weighted by Gasteiger charge is -2.11. The van der Waals surface area contributed by atoms with E-state index < -0.39 is 9.05 Å². The van der Waals surface area contributed by atoms with E-state index in [1.54, 1.807) is 30.2 Å².